The highest BCUT2D eigenvalue weighted by Gasteiger charge is 2.38. The topological polar surface area (TPSA) is 0 Å². The van der Waals surface area contributed by atoms with Crippen molar-refractivity contribution in [2.45, 2.75) is 19.3 Å². The third kappa shape index (κ3) is 4.61. The molecule has 0 spiro atoms. The maximum absolute atomic E-state index is 2.48. The molecule has 0 aliphatic heterocycles. The molecule has 13 rings (SSSR count). The van der Waals surface area contributed by atoms with E-state index in [0.29, 0.717) is 0 Å². The Morgan fingerprint density at radius 3 is 1.58 bits per heavy atom. The van der Waals surface area contributed by atoms with Crippen LogP contribution in [0.3, 0.4) is 0 Å². The Morgan fingerprint density at radius 1 is 0.333 bits per heavy atom. The van der Waals surface area contributed by atoms with Crippen molar-refractivity contribution in [1.82, 2.24) is 0 Å². The van der Waals surface area contributed by atoms with Gasteiger partial charge in [-0.1, -0.05) is 190 Å². The quantitative estimate of drug-likeness (QED) is 0.157. The van der Waals surface area contributed by atoms with Crippen molar-refractivity contribution in [2.24, 2.45) is 0 Å². The third-order valence-corrected chi connectivity index (χ3v) is 14.8. The van der Waals surface area contributed by atoms with E-state index >= 15 is 0 Å². The monoisotopic (exact) mass is 778 g/mol. The fourth-order valence-corrected chi connectivity index (χ4v) is 12.2. The second-order valence-electron chi connectivity index (χ2n) is 17.1. The molecular weight excluding hydrogens is 741 g/mol. The van der Waals surface area contributed by atoms with Gasteiger partial charge < -0.3 is 0 Å². The number of benzene rings is 11. The number of thiophene rings is 1. The molecule has 1 aromatic heterocycles. The molecule has 1 heterocycles. The minimum Gasteiger partial charge on any atom is -0.135 e. The van der Waals surface area contributed by atoms with Crippen molar-refractivity contribution in [3.05, 3.63) is 205 Å². The van der Waals surface area contributed by atoms with Crippen molar-refractivity contribution >= 4 is 85.4 Å². The van der Waals surface area contributed by atoms with Crippen molar-refractivity contribution in [3.8, 4) is 44.5 Å². The largest absolute Gasteiger partial charge is 0.135 e. The number of hydrogen-bond acceptors (Lipinski definition) is 1. The highest BCUT2D eigenvalue weighted by Crippen LogP contribution is 2.55. The van der Waals surface area contributed by atoms with E-state index in [1.54, 1.807) is 0 Å². The second kappa shape index (κ2) is 12.5. The lowest BCUT2D eigenvalue weighted by atomic mass is 9.79. The first-order valence-corrected chi connectivity index (χ1v) is 21.8. The summed E-state index contributed by atoms with van der Waals surface area (Å²) in [5, 5.41) is 15.6. The number of rotatable bonds is 3. The van der Waals surface area contributed by atoms with E-state index in [-0.39, 0.29) is 5.41 Å². The molecule has 1 heteroatoms. The predicted molar refractivity (Wildman–Crippen MR) is 261 cm³/mol. The SMILES string of the molecule is CC1(C)c2ccc(-c3ccc(-c4c5ccccc5c(-c5cccc6ccccc56)c5ccccc45)c4ccccc34)cc2-c2ccc3ccc4sc5ccccc5c4c3c21. The van der Waals surface area contributed by atoms with E-state index in [0.717, 1.165) is 0 Å². The zero-order valence-corrected chi connectivity index (χ0v) is 34.2. The van der Waals surface area contributed by atoms with Crippen LogP contribution in [0, 0.1) is 0 Å². The molecule has 0 nitrogen and oxygen atoms in total. The minimum absolute atomic E-state index is 0.147. The van der Waals surface area contributed by atoms with Crippen LogP contribution in [-0.2, 0) is 5.41 Å². The van der Waals surface area contributed by atoms with Gasteiger partial charge in [-0.25, -0.2) is 0 Å². The van der Waals surface area contributed by atoms with Crippen LogP contribution < -0.4 is 0 Å². The van der Waals surface area contributed by atoms with Gasteiger partial charge in [0.2, 0.25) is 0 Å². The molecule has 0 saturated carbocycles. The zero-order valence-electron chi connectivity index (χ0n) is 33.4. The molecule has 1 aliphatic carbocycles. The van der Waals surface area contributed by atoms with Gasteiger partial charge in [-0.15, -0.1) is 11.3 Å². The van der Waals surface area contributed by atoms with Gasteiger partial charge in [0, 0.05) is 25.6 Å². The summed E-state index contributed by atoms with van der Waals surface area (Å²) < 4.78 is 2.71. The van der Waals surface area contributed by atoms with Crippen molar-refractivity contribution < 1.29 is 0 Å². The number of fused-ring (bicyclic) bond motifs is 13. The lowest BCUT2D eigenvalue weighted by Crippen LogP contribution is -2.15. The summed E-state index contributed by atoms with van der Waals surface area (Å²) in [7, 11) is 0. The van der Waals surface area contributed by atoms with Gasteiger partial charge in [-0.05, 0) is 128 Å². The van der Waals surface area contributed by atoms with E-state index in [4.69, 9.17) is 0 Å². The van der Waals surface area contributed by atoms with Crippen LogP contribution in [-0.4, -0.2) is 0 Å². The first-order valence-electron chi connectivity index (χ1n) is 21.0. The highest BCUT2D eigenvalue weighted by atomic mass is 32.1. The summed E-state index contributed by atoms with van der Waals surface area (Å²) in [4.78, 5) is 0. The molecular formula is C59H38S. The van der Waals surface area contributed by atoms with Gasteiger partial charge in [0.1, 0.15) is 0 Å². The van der Waals surface area contributed by atoms with E-state index in [9.17, 15) is 0 Å². The summed E-state index contributed by atoms with van der Waals surface area (Å²) in [6.45, 7) is 4.85. The van der Waals surface area contributed by atoms with Crippen LogP contribution in [0.2, 0.25) is 0 Å². The van der Waals surface area contributed by atoms with Gasteiger partial charge in [0.15, 0.2) is 0 Å². The smallest absolute Gasteiger partial charge is 0.0361 e. The zero-order chi connectivity index (χ0) is 39.7. The molecule has 12 aromatic rings. The van der Waals surface area contributed by atoms with Gasteiger partial charge in [0.05, 0.1) is 0 Å². The molecule has 0 radical (unpaired) electrons. The molecule has 1 aliphatic rings. The van der Waals surface area contributed by atoms with Crippen LogP contribution in [0.4, 0.5) is 0 Å². The first kappa shape index (κ1) is 33.9. The van der Waals surface area contributed by atoms with Crippen LogP contribution in [0.25, 0.3) is 119 Å². The predicted octanol–water partition coefficient (Wildman–Crippen LogP) is 17.1. The maximum atomic E-state index is 2.48. The molecule has 0 amide bonds. The molecule has 11 aromatic carbocycles. The van der Waals surface area contributed by atoms with Crippen LogP contribution in [0.15, 0.2) is 194 Å². The fraction of sp³-hybridized carbons (Fsp3) is 0.0508. The molecule has 280 valence electrons. The molecule has 0 atom stereocenters. The van der Waals surface area contributed by atoms with E-state index in [2.05, 4.69) is 208 Å². The number of hydrogen-bond donors (Lipinski definition) is 0. The van der Waals surface area contributed by atoms with Crippen molar-refractivity contribution in [3.63, 3.8) is 0 Å². The summed E-state index contributed by atoms with van der Waals surface area (Å²) in [6, 6.07) is 72.9. The van der Waals surface area contributed by atoms with Gasteiger partial charge in [-0.3, -0.25) is 0 Å². The van der Waals surface area contributed by atoms with Crippen LogP contribution >= 0.6 is 11.3 Å². The summed E-state index contributed by atoms with van der Waals surface area (Å²) in [6.07, 6.45) is 0. The third-order valence-electron chi connectivity index (χ3n) is 13.6. The lowest BCUT2D eigenvalue weighted by Gasteiger charge is -2.24. The Bertz CT molecular complexity index is 3740. The molecule has 0 fully saturated rings. The van der Waals surface area contributed by atoms with Crippen molar-refractivity contribution in [1.29, 1.82) is 0 Å². The Morgan fingerprint density at radius 2 is 0.867 bits per heavy atom. The van der Waals surface area contributed by atoms with Crippen molar-refractivity contribution in [2.75, 3.05) is 0 Å². The minimum atomic E-state index is -0.147. The van der Waals surface area contributed by atoms with E-state index in [1.807, 2.05) is 11.3 Å². The second-order valence-corrected chi connectivity index (χ2v) is 18.2. The van der Waals surface area contributed by atoms with E-state index in [1.165, 1.54) is 130 Å². The summed E-state index contributed by atoms with van der Waals surface area (Å²) >= 11 is 1.91. The standard InChI is InChI=1S/C59H38S/c1-59(2)51-32-27-37(34-50(51)48-29-26-36-28-33-53-57(54(36)58(48)59)49-23-11-12-25-52(49)60-53)39-30-31-47(41-18-6-5-17-40(39)41)56-45-21-9-7-19-43(45)55(44-20-8-10-22-46(44)56)42-24-13-15-35-14-3-4-16-38(35)42/h3-34H,1-2H3. The average Bonchev–Trinajstić information content (AvgIpc) is 3.79. The van der Waals surface area contributed by atoms with E-state index < -0.39 is 0 Å². The van der Waals surface area contributed by atoms with Crippen LogP contribution in [0.1, 0.15) is 25.0 Å². The van der Waals surface area contributed by atoms with Gasteiger partial charge in [0.25, 0.3) is 0 Å². The molecule has 0 saturated heterocycles. The Labute approximate surface area is 352 Å². The highest BCUT2D eigenvalue weighted by molar-refractivity contribution is 7.26. The first-order chi connectivity index (χ1) is 29.5. The molecule has 60 heavy (non-hydrogen) atoms. The fourth-order valence-electron chi connectivity index (χ4n) is 11.0. The van der Waals surface area contributed by atoms with Gasteiger partial charge in [-0.2, -0.15) is 0 Å². The Kier molecular flexibility index (Phi) is 7.04. The Hall–Kier alpha value is -7.06. The molecule has 0 bridgehead atoms. The summed E-state index contributed by atoms with van der Waals surface area (Å²) in [5.74, 6) is 0. The van der Waals surface area contributed by atoms with Crippen LogP contribution in [0.5, 0.6) is 0 Å². The molecule has 0 N–H and O–H groups in total. The maximum Gasteiger partial charge on any atom is 0.0361 e. The summed E-state index contributed by atoms with van der Waals surface area (Å²) in [5.41, 5.74) is 13.0. The average molecular weight is 779 g/mol. The lowest BCUT2D eigenvalue weighted by molar-refractivity contribution is 0.667. The normalized spacial score (nSPS) is 13.3. The Balaban J connectivity index is 1.03. The molecule has 0 unspecified atom stereocenters. The van der Waals surface area contributed by atoms with Gasteiger partial charge >= 0.3 is 0 Å².